The minimum atomic E-state index is 0.521. The van der Waals surface area contributed by atoms with Gasteiger partial charge in [-0.15, -0.1) is 0 Å². The van der Waals surface area contributed by atoms with Crippen molar-refractivity contribution in [2.75, 3.05) is 0 Å². The molecule has 0 amide bonds. The van der Waals surface area contributed by atoms with Gasteiger partial charge >= 0.3 is 0 Å². The number of benzene rings is 10. The molecule has 0 bridgehead atoms. The normalized spacial score (nSPS) is 11.5. The number of hydrogen-bond donors (Lipinski definition) is 0. The van der Waals surface area contributed by atoms with Crippen molar-refractivity contribution in [2.45, 2.75) is 0 Å². The van der Waals surface area contributed by atoms with Gasteiger partial charge in [0.2, 0.25) is 5.95 Å². The maximum absolute atomic E-state index is 5.39. The summed E-state index contributed by atoms with van der Waals surface area (Å²) in [6, 6.07) is 88.2. The minimum Gasteiger partial charge on any atom is -0.307 e. The Labute approximate surface area is 426 Å². The Morgan fingerprint density at radius 3 is 1.01 bits per heavy atom. The molecule has 0 fully saturated rings. The molecule has 0 saturated heterocycles. The summed E-state index contributed by atoms with van der Waals surface area (Å²) in [5.74, 6) is 3.46. The van der Waals surface area contributed by atoms with Crippen LogP contribution >= 0.6 is 0 Å². The second-order valence-corrected chi connectivity index (χ2v) is 18.3. The predicted molar refractivity (Wildman–Crippen MR) is 300 cm³/mol. The van der Waals surface area contributed by atoms with E-state index in [1.54, 1.807) is 0 Å². The molecule has 0 aliphatic heterocycles. The molecule has 0 radical (unpaired) electrons. The van der Waals surface area contributed by atoms with E-state index in [0.717, 1.165) is 99.4 Å². The number of nitrogens with zero attached hydrogens (tertiary/aromatic N) is 8. The molecule has 4 heterocycles. The summed E-state index contributed by atoms with van der Waals surface area (Å²) in [6.07, 6.45) is 0. The fraction of sp³-hybridized carbons (Fsp3) is 0. The van der Waals surface area contributed by atoms with Crippen molar-refractivity contribution >= 4 is 43.6 Å². The van der Waals surface area contributed by atoms with Crippen molar-refractivity contribution in [3.05, 3.63) is 255 Å². The average molecular weight is 947 g/mol. The van der Waals surface area contributed by atoms with E-state index < -0.39 is 0 Å². The first kappa shape index (κ1) is 42.7. The quantitative estimate of drug-likeness (QED) is 0.143. The fourth-order valence-electron chi connectivity index (χ4n) is 10.3. The van der Waals surface area contributed by atoms with E-state index in [2.05, 4.69) is 203 Å². The number of rotatable bonds is 9. The van der Waals surface area contributed by atoms with Crippen LogP contribution in [0.25, 0.3) is 134 Å². The zero-order valence-electron chi connectivity index (χ0n) is 39.8. The lowest BCUT2D eigenvalue weighted by atomic mass is 10.0. The second kappa shape index (κ2) is 17.9. The third-order valence-corrected chi connectivity index (χ3v) is 13.9. The van der Waals surface area contributed by atoms with Crippen LogP contribution in [0.1, 0.15) is 0 Å². The highest BCUT2D eigenvalue weighted by atomic mass is 15.2. The molecule has 0 unspecified atom stereocenters. The maximum atomic E-state index is 5.39. The molecular weight excluding hydrogens is 905 g/mol. The van der Waals surface area contributed by atoms with Gasteiger partial charge in [0.05, 0.1) is 22.1 Å². The van der Waals surface area contributed by atoms with Gasteiger partial charge in [0.15, 0.2) is 29.1 Å². The molecular formula is C66H42N8. The highest BCUT2D eigenvalue weighted by Crippen LogP contribution is 2.42. The van der Waals surface area contributed by atoms with E-state index in [-0.39, 0.29) is 0 Å². The molecule has 0 aliphatic carbocycles. The van der Waals surface area contributed by atoms with Crippen LogP contribution in [0.4, 0.5) is 0 Å². The molecule has 0 aliphatic rings. The predicted octanol–water partition coefficient (Wildman–Crippen LogP) is 15.9. The molecule has 0 N–H and O–H groups in total. The molecule has 0 saturated carbocycles. The Hall–Kier alpha value is -10.2. The van der Waals surface area contributed by atoms with Gasteiger partial charge in [-0.2, -0.15) is 9.97 Å². The third-order valence-electron chi connectivity index (χ3n) is 13.9. The van der Waals surface area contributed by atoms with Crippen LogP contribution in [0.15, 0.2) is 255 Å². The number of aromatic nitrogens is 8. The molecule has 8 nitrogen and oxygen atoms in total. The number of para-hydroxylation sites is 2. The number of hydrogen-bond acceptors (Lipinski definition) is 6. The van der Waals surface area contributed by atoms with Gasteiger partial charge in [-0.3, -0.25) is 4.57 Å². The van der Waals surface area contributed by atoms with Crippen molar-refractivity contribution in [2.24, 2.45) is 0 Å². The maximum Gasteiger partial charge on any atom is 0.238 e. The Balaban J connectivity index is 0.981. The zero-order chi connectivity index (χ0) is 49.0. The first-order valence-electron chi connectivity index (χ1n) is 24.7. The molecule has 346 valence electrons. The van der Waals surface area contributed by atoms with Crippen LogP contribution in [0.3, 0.4) is 0 Å². The first-order valence-corrected chi connectivity index (χ1v) is 24.7. The van der Waals surface area contributed by atoms with Crippen LogP contribution in [0.5, 0.6) is 0 Å². The van der Waals surface area contributed by atoms with E-state index in [1.165, 1.54) is 0 Å². The average Bonchev–Trinajstić information content (AvgIpc) is 4.01. The highest BCUT2D eigenvalue weighted by Gasteiger charge is 2.24. The standard InChI is InChI=1S/C66H42N8/c1-5-18-43(19-6-1)45-32-36-49(37-33-45)62-67-61(47-22-9-3-10-23-47)68-65(69-62)51-26-17-27-52(42-51)73-57-30-15-13-28-53(57)55-40-41-56-54-29-14-16-31-58(54)74(60(56)59(55)73)66-71-63(48-24-11-4-12-25-48)70-64(72-66)50-38-34-46(35-39-50)44-20-7-2-8-21-44/h1-42H. The van der Waals surface area contributed by atoms with Crippen molar-refractivity contribution in [3.63, 3.8) is 0 Å². The topological polar surface area (TPSA) is 87.2 Å². The Morgan fingerprint density at radius 2 is 0.541 bits per heavy atom. The van der Waals surface area contributed by atoms with Crippen molar-refractivity contribution in [1.29, 1.82) is 0 Å². The van der Waals surface area contributed by atoms with Crippen LogP contribution < -0.4 is 0 Å². The summed E-state index contributed by atoms with van der Waals surface area (Å²) >= 11 is 0. The lowest BCUT2D eigenvalue weighted by molar-refractivity contribution is 0.953. The van der Waals surface area contributed by atoms with Crippen LogP contribution in [-0.4, -0.2) is 39.0 Å². The van der Waals surface area contributed by atoms with E-state index >= 15 is 0 Å². The van der Waals surface area contributed by atoms with Gasteiger partial charge in [0, 0.05) is 55.0 Å². The second-order valence-electron chi connectivity index (χ2n) is 18.3. The summed E-state index contributed by atoms with van der Waals surface area (Å²) in [6.45, 7) is 0. The van der Waals surface area contributed by atoms with Crippen LogP contribution in [0.2, 0.25) is 0 Å². The van der Waals surface area contributed by atoms with Crippen molar-refractivity contribution < 1.29 is 0 Å². The molecule has 0 atom stereocenters. The van der Waals surface area contributed by atoms with Gasteiger partial charge in [0.1, 0.15) is 0 Å². The summed E-state index contributed by atoms with van der Waals surface area (Å²) in [4.78, 5) is 31.3. The Morgan fingerprint density at radius 1 is 0.216 bits per heavy atom. The molecule has 14 aromatic rings. The molecule has 10 aromatic carbocycles. The Bertz CT molecular complexity index is 4380. The van der Waals surface area contributed by atoms with Crippen LogP contribution in [0, 0.1) is 0 Å². The molecule has 14 rings (SSSR count). The van der Waals surface area contributed by atoms with Crippen molar-refractivity contribution in [3.8, 4) is 90.8 Å². The van der Waals surface area contributed by atoms with Gasteiger partial charge in [-0.25, -0.2) is 19.9 Å². The smallest absolute Gasteiger partial charge is 0.238 e. The molecule has 4 aromatic heterocycles. The molecule has 74 heavy (non-hydrogen) atoms. The fourth-order valence-corrected chi connectivity index (χ4v) is 10.3. The summed E-state index contributed by atoms with van der Waals surface area (Å²) in [7, 11) is 0. The van der Waals surface area contributed by atoms with Gasteiger partial charge in [0.25, 0.3) is 0 Å². The van der Waals surface area contributed by atoms with Crippen LogP contribution in [-0.2, 0) is 0 Å². The SMILES string of the molecule is c1ccc(-c2ccc(-c3nc(-c4ccccc4)nc(-c4cccc(-n5c6ccccc6c6ccc7c8ccccc8n(-c8nc(-c9ccccc9)nc(-c9ccc(-c%10ccccc%10)cc9)n8)c7c65)c4)n3)cc2)cc1. The highest BCUT2D eigenvalue weighted by molar-refractivity contribution is 6.23. The third kappa shape index (κ3) is 7.48. The lowest BCUT2D eigenvalue weighted by Crippen LogP contribution is -2.07. The van der Waals surface area contributed by atoms with Gasteiger partial charge < -0.3 is 4.57 Å². The monoisotopic (exact) mass is 946 g/mol. The van der Waals surface area contributed by atoms with E-state index in [9.17, 15) is 0 Å². The lowest BCUT2D eigenvalue weighted by Gasteiger charge is -2.14. The van der Waals surface area contributed by atoms with E-state index in [0.29, 0.717) is 35.1 Å². The van der Waals surface area contributed by atoms with Gasteiger partial charge in [-0.05, 0) is 46.5 Å². The zero-order valence-corrected chi connectivity index (χ0v) is 39.8. The van der Waals surface area contributed by atoms with E-state index in [4.69, 9.17) is 29.9 Å². The minimum absolute atomic E-state index is 0.521. The number of fused-ring (bicyclic) bond motifs is 7. The molecule has 0 spiro atoms. The summed E-state index contributed by atoms with van der Waals surface area (Å²) in [5, 5.41) is 4.40. The molecule has 8 heteroatoms. The van der Waals surface area contributed by atoms with Crippen molar-refractivity contribution in [1.82, 2.24) is 39.0 Å². The van der Waals surface area contributed by atoms with Gasteiger partial charge in [-0.1, -0.05) is 231 Å². The van der Waals surface area contributed by atoms with E-state index in [1.807, 2.05) is 60.7 Å². The summed E-state index contributed by atoms with van der Waals surface area (Å²) in [5.41, 5.74) is 14.0. The first-order chi connectivity index (χ1) is 36.7. The largest absolute Gasteiger partial charge is 0.307 e. The summed E-state index contributed by atoms with van der Waals surface area (Å²) < 4.78 is 4.60. The Kier molecular flexibility index (Phi) is 10.3.